The Bertz CT molecular complexity index is 375. The van der Waals surface area contributed by atoms with Crippen molar-refractivity contribution in [3.05, 3.63) is 28.9 Å². The van der Waals surface area contributed by atoms with Crippen LogP contribution in [0.1, 0.15) is 13.8 Å². The maximum atomic E-state index is 11.0. The summed E-state index contributed by atoms with van der Waals surface area (Å²) in [5.41, 5.74) is 5.63. The first kappa shape index (κ1) is 19.2. The van der Waals surface area contributed by atoms with Gasteiger partial charge in [0, 0.05) is 37.6 Å². The Labute approximate surface area is 130 Å². The van der Waals surface area contributed by atoms with E-state index in [0.717, 1.165) is 17.3 Å². The van der Waals surface area contributed by atoms with Gasteiger partial charge in [-0.2, -0.15) is 0 Å². The number of hydrogen-bond acceptors (Lipinski definition) is 5. The molecule has 1 aliphatic carbocycles. The molecule has 0 aliphatic heterocycles. The minimum Gasteiger partial charge on any atom is -0.324 e. The zero-order valence-corrected chi connectivity index (χ0v) is 13.5. The van der Waals surface area contributed by atoms with Gasteiger partial charge in [-0.1, -0.05) is 0 Å². The van der Waals surface area contributed by atoms with Gasteiger partial charge in [0.05, 0.1) is 6.54 Å². The summed E-state index contributed by atoms with van der Waals surface area (Å²) >= 11 is 1.06. The molecule has 2 N–H and O–H groups in total. The van der Waals surface area contributed by atoms with E-state index in [2.05, 4.69) is 6.26 Å². The molecule has 91 valence electrons. The average Bonchev–Trinajstić information content (AvgIpc) is 2.24. The predicted molar refractivity (Wildman–Crippen MR) is 64.5 cm³/mol. The molecule has 0 atom stereocenters. The number of ketones is 3. The molecule has 1 radical (unpaired) electrons. The van der Waals surface area contributed by atoms with Crippen LogP contribution in [0.25, 0.3) is 0 Å². The van der Waals surface area contributed by atoms with Crippen molar-refractivity contribution < 1.29 is 47.1 Å². The normalized spacial score (nSPS) is 13.9. The molecule has 0 aromatic carbocycles. The number of Topliss-reactive ketones (excluding diaryl/α,β-unsaturated/α-hetero) is 2. The van der Waals surface area contributed by atoms with E-state index in [1.807, 2.05) is 0 Å². The van der Waals surface area contributed by atoms with Crippen molar-refractivity contribution in [1.29, 1.82) is 0 Å². The van der Waals surface area contributed by atoms with Crippen LogP contribution in [0.4, 0.5) is 0 Å². The van der Waals surface area contributed by atoms with Gasteiger partial charge in [0.15, 0.2) is 0 Å². The van der Waals surface area contributed by atoms with Crippen molar-refractivity contribution in [2.24, 2.45) is 5.73 Å². The van der Waals surface area contributed by atoms with Gasteiger partial charge < -0.3 is 17.5 Å². The Kier molecular flexibility index (Phi) is 11.2. The molecule has 0 saturated heterocycles. The third kappa shape index (κ3) is 7.76. The van der Waals surface area contributed by atoms with E-state index in [9.17, 15) is 14.4 Å². The first-order valence-corrected chi connectivity index (χ1v) is 5.51. The van der Waals surface area contributed by atoms with Gasteiger partial charge in [-0.3, -0.25) is 20.6 Å². The van der Waals surface area contributed by atoms with Crippen molar-refractivity contribution in [3.8, 4) is 0 Å². The molecule has 4 nitrogen and oxygen atoms in total. The molecular weight excluding hydrogens is 315 g/mol. The van der Waals surface area contributed by atoms with Crippen molar-refractivity contribution in [3.63, 3.8) is 0 Å². The number of allylic oxidation sites excluding steroid dienone is 4. The first-order chi connectivity index (χ1) is 7.42. The Hall–Kier alpha value is -0.0961. The topological polar surface area (TPSA) is 77.2 Å². The quantitative estimate of drug-likeness (QED) is 0.465. The largest absolute Gasteiger partial charge is 0.324 e. The van der Waals surface area contributed by atoms with Gasteiger partial charge >= 0.3 is 0 Å². The third-order valence-electron chi connectivity index (χ3n) is 1.61. The van der Waals surface area contributed by atoms with Crippen LogP contribution in [-0.2, 0) is 47.1 Å². The van der Waals surface area contributed by atoms with Crippen LogP contribution >= 0.6 is 11.8 Å². The Morgan fingerprint density at radius 2 is 1.88 bits per heavy atom. The maximum Gasteiger partial charge on any atom is 0.236 e. The van der Waals surface area contributed by atoms with Gasteiger partial charge in [0.2, 0.25) is 11.6 Å². The molecule has 1 rings (SSSR count). The summed E-state index contributed by atoms with van der Waals surface area (Å²) in [4.78, 5) is 32.0. The van der Waals surface area contributed by atoms with Gasteiger partial charge in [-0.05, 0) is 31.6 Å². The fourth-order valence-corrected chi connectivity index (χ4v) is 1.32. The molecule has 0 fully saturated rings. The monoisotopic (exact) mass is 329 g/mol. The van der Waals surface area contributed by atoms with Gasteiger partial charge in [0.1, 0.15) is 5.78 Å². The molecule has 0 unspecified atom stereocenters. The summed E-state index contributed by atoms with van der Waals surface area (Å²) in [6.07, 6.45) is 6.48. The zero-order valence-electron chi connectivity index (χ0n) is 9.86. The van der Waals surface area contributed by atoms with Crippen LogP contribution in [0.3, 0.4) is 0 Å². The molecule has 17 heavy (non-hydrogen) atoms. The molecule has 0 aromatic rings. The summed E-state index contributed by atoms with van der Waals surface area (Å²) in [6.45, 7) is 3.40. The number of rotatable bonds is 2. The molecule has 0 amide bonds. The summed E-state index contributed by atoms with van der Waals surface area (Å²) in [5, 5.41) is 0. The fourth-order valence-electron chi connectivity index (χ4n) is 0.815. The van der Waals surface area contributed by atoms with Crippen molar-refractivity contribution in [1.82, 2.24) is 0 Å². The second-order valence-electron chi connectivity index (χ2n) is 3.14. The summed E-state index contributed by atoms with van der Waals surface area (Å²) in [5.74, 6) is -0.864. The predicted octanol–water partition coefficient (Wildman–Crippen LogP) is 1.02. The zero-order chi connectivity index (χ0) is 12.7. The molecule has 0 aromatic heterocycles. The number of carbonyl (C=O) groups is 3. The van der Waals surface area contributed by atoms with E-state index in [0.29, 0.717) is 4.91 Å². The third-order valence-corrected chi connectivity index (χ3v) is 2.22. The number of hydrogen-bond donors (Lipinski definition) is 1. The second kappa shape index (κ2) is 9.89. The molecule has 0 saturated carbocycles. The first-order valence-electron chi connectivity index (χ1n) is 4.52. The summed E-state index contributed by atoms with van der Waals surface area (Å²) in [7, 11) is 0. The standard InChI is InChI=1S/C8H7O2S.C3H7NO.Y/c1-5-3-6(9)8(10)7(4-5)11-2;1-3(5)2-4;/h3-4H,2H2,1H3;2,4H2,1H3;/q-1;;. The van der Waals surface area contributed by atoms with Crippen LogP contribution in [-0.4, -0.2) is 23.9 Å². The molecule has 6 heteroatoms. The average molecular weight is 329 g/mol. The summed E-state index contributed by atoms with van der Waals surface area (Å²) < 4.78 is 0. The van der Waals surface area contributed by atoms with Crippen LogP contribution in [0, 0.1) is 6.26 Å². The number of nitrogens with two attached hydrogens (primary N) is 1. The van der Waals surface area contributed by atoms with E-state index >= 15 is 0 Å². The molecule has 0 heterocycles. The van der Waals surface area contributed by atoms with Crippen LogP contribution in [0.2, 0.25) is 0 Å². The summed E-state index contributed by atoms with van der Waals surface area (Å²) in [6, 6.07) is 0. The maximum absolute atomic E-state index is 11.0. The SMILES string of the molecule is CC(=O)CN.[CH2-]SC1=CC(C)=CC(=O)C1=O.[Y]. The van der Waals surface area contributed by atoms with E-state index in [1.54, 1.807) is 13.0 Å². The second-order valence-corrected chi connectivity index (χ2v) is 3.87. The van der Waals surface area contributed by atoms with E-state index < -0.39 is 11.6 Å². The molecule has 1 aliphatic rings. The van der Waals surface area contributed by atoms with Crippen LogP contribution in [0.15, 0.2) is 22.6 Å². The van der Waals surface area contributed by atoms with Crippen LogP contribution < -0.4 is 5.73 Å². The van der Waals surface area contributed by atoms with Crippen molar-refractivity contribution >= 4 is 29.1 Å². The Morgan fingerprint density at radius 1 is 1.41 bits per heavy atom. The smallest absolute Gasteiger partial charge is 0.236 e. The molecular formula is C11H14NO3SY-. The Balaban J connectivity index is 0. The van der Waals surface area contributed by atoms with Gasteiger partial charge in [0.25, 0.3) is 0 Å². The van der Waals surface area contributed by atoms with Gasteiger partial charge in [-0.25, -0.2) is 0 Å². The molecule has 0 bridgehead atoms. The molecule has 0 spiro atoms. The van der Waals surface area contributed by atoms with E-state index in [4.69, 9.17) is 5.73 Å². The van der Waals surface area contributed by atoms with E-state index in [1.165, 1.54) is 13.0 Å². The minimum absolute atomic E-state index is 0. The minimum atomic E-state index is -0.449. The van der Waals surface area contributed by atoms with Crippen molar-refractivity contribution in [2.75, 3.05) is 6.54 Å². The van der Waals surface area contributed by atoms with Gasteiger partial charge in [-0.15, -0.1) is 0 Å². The fraction of sp³-hybridized carbons (Fsp3) is 0.273. The number of carbonyl (C=O) groups excluding carboxylic acids is 3. The van der Waals surface area contributed by atoms with Crippen molar-refractivity contribution in [2.45, 2.75) is 13.8 Å². The van der Waals surface area contributed by atoms with Crippen LogP contribution in [0.5, 0.6) is 0 Å². The number of thioether (sulfide) groups is 1. The Morgan fingerprint density at radius 3 is 2.24 bits per heavy atom. The van der Waals surface area contributed by atoms with E-state index in [-0.39, 0.29) is 45.0 Å².